The number of aliphatic hydroxyl groups excluding tert-OH is 1. The van der Waals surface area contributed by atoms with Gasteiger partial charge < -0.3 is 14.6 Å². The number of hydrogen-bond donors (Lipinski definition) is 1. The van der Waals surface area contributed by atoms with Crippen LogP contribution in [-0.4, -0.2) is 58.8 Å². The van der Waals surface area contributed by atoms with Gasteiger partial charge in [-0.25, -0.2) is 13.6 Å². The van der Waals surface area contributed by atoms with Crippen molar-refractivity contribution >= 4 is 23.5 Å². The molecule has 0 bridgehead atoms. The number of rotatable bonds is 6. The number of alkyl halides is 2. The van der Waals surface area contributed by atoms with Gasteiger partial charge in [-0.15, -0.1) is 0 Å². The number of allylic oxidation sites excluding steroid dienone is 4. The number of benzene rings is 1. The maximum atomic E-state index is 17.6. The SMILES string of the molecule is CCC(=O)O[C@]1(C(=O)OCC(=O)c2c(C)cc(C)cc2C)[C@H](C)C[C@H]2[C@@H]3C[C@H](F)C4=CC(=O)C=C[C@]4(C)[C@@]3(F)[C@@H](O)C[C@@]21C. The number of esters is 2. The van der Waals surface area contributed by atoms with Crippen molar-refractivity contribution in [3.05, 3.63) is 58.2 Å². The molecular formula is C35H42F2O7. The molecule has 5 rings (SSSR count). The highest BCUT2D eigenvalue weighted by atomic mass is 19.1. The smallest absolute Gasteiger partial charge is 0.351 e. The minimum Gasteiger partial charge on any atom is -0.454 e. The molecule has 0 radical (unpaired) electrons. The number of Topliss-reactive ketones (excluding diaryl/α,β-unsaturated/α-hetero) is 1. The van der Waals surface area contributed by atoms with Gasteiger partial charge in [-0.05, 0) is 81.7 Å². The lowest BCUT2D eigenvalue weighted by molar-refractivity contribution is -0.238. The van der Waals surface area contributed by atoms with Crippen molar-refractivity contribution in [1.82, 2.24) is 0 Å². The molecule has 0 unspecified atom stereocenters. The summed E-state index contributed by atoms with van der Waals surface area (Å²) < 4.78 is 45.1. The summed E-state index contributed by atoms with van der Waals surface area (Å²) >= 11 is 0. The van der Waals surface area contributed by atoms with E-state index in [0.29, 0.717) is 5.56 Å². The molecule has 3 fully saturated rings. The maximum absolute atomic E-state index is 17.6. The van der Waals surface area contributed by atoms with Crippen LogP contribution in [0.2, 0.25) is 0 Å². The average Bonchev–Trinajstić information content (AvgIpc) is 3.15. The maximum Gasteiger partial charge on any atom is 0.351 e. The highest BCUT2D eigenvalue weighted by molar-refractivity contribution is 6.02. The molecule has 9 atom stereocenters. The van der Waals surface area contributed by atoms with Crippen molar-refractivity contribution in [2.24, 2.45) is 28.6 Å². The minimum absolute atomic E-state index is 0.000683. The van der Waals surface area contributed by atoms with Crippen LogP contribution in [0.5, 0.6) is 0 Å². The largest absolute Gasteiger partial charge is 0.454 e. The van der Waals surface area contributed by atoms with E-state index in [0.717, 1.165) is 22.8 Å². The minimum atomic E-state index is -2.35. The van der Waals surface area contributed by atoms with Crippen LogP contribution in [-0.2, 0) is 23.9 Å². The number of fused-ring (bicyclic) bond motifs is 5. The summed E-state index contributed by atoms with van der Waals surface area (Å²) in [6.45, 7) is 11.4. The number of carbonyl (C=O) groups is 4. The molecule has 0 saturated heterocycles. The Labute approximate surface area is 257 Å². The van der Waals surface area contributed by atoms with Crippen molar-refractivity contribution in [3.63, 3.8) is 0 Å². The van der Waals surface area contributed by atoms with Crippen molar-refractivity contribution in [3.8, 4) is 0 Å². The van der Waals surface area contributed by atoms with Gasteiger partial charge in [0.15, 0.2) is 18.1 Å². The molecular weight excluding hydrogens is 570 g/mol. The third kappa shape index (κ3) is 4.28. The molecule has 1 aromatic carbocycles. The molecule has 7 nitrogen and oxygen atoms in total. The summed E-state index contributed by atoms with van der Waals surface area (Å²) in [6, 6.07) is 3.73. The second-order valence-electron chi connectivity index (χ2n) is 13.8. The number of hydrogen-bond acceptors (Lipinski definition) is 7. The van der Waals surface area contributed by atoms with E-state index in [1.165, 1.54) is 19.1 Å². The Balaban J connectivity index is 1.54. The number of ether oxygens (including phenoxy) is 2. The Morgan fingerprint density at radius 1 is 1.07 bits per heavy atom. The van der Waals surface area contributed by atoms with Crippen molar-refractivity contribution < 1.29 is 42.5 Å². The molecule has 0 amide bonds. The second-order valence-corrected chi connectivity index (χ2v) is 13.8. The van der Waals surface area contributed by atoms with E-state index in [1.807, 2.05) is 19.1 Å². The lowest BCUT2D eigenvalue weighted by Crippen LogP contribution is -2.71. The Morgan fingerprint density at radius 3 is 2.32 bits per heavy atom. The first-order chi connectivity index (χ1) is 20.5. The first-order valence-electron chi connectivity index (χ1n) is 15.4. The van der Waals surface area contributed by atoms with Crippen LogP contribution in [0.25, 0.3) is 0 Å². The Hall–Kier alpha value is -3.20. The Bertz CT molecular complexity index is 1470. The van der Waals surface area contributed by atoms with Crippen LogP contribution in [0.4, 0.5) is 8.78 Å². The van der Waals surface area contributed by atoms with Gasteiger partial charge in [0, 0.05) is 34.7 Å². The zero-order chi connectivity index (χ0) is 32.6. The van der Waals surface area contributed by atoms with E-state index in [9.17, 15) is 24.3 Å². The van der Waals surface area contributed by atoms with Gasteiger partial charge in [-0.3, -0.25) is 14.4 Å². The summed E-state index contributed by atoms with van der Waals surface area (Å²) in [6.07, 6.45) is -0.104. The summed E-state index contributed by atoms with van der Waals surface area (Å²) in [4.78, 5) is 52.6. The number of aliphatic hydroxyl groups is 1. The van der Waals surface area contributed by atoms with Crippen LogP contribution in [0.15, 0.2) is 35.9 Å². The quantitative estimate of drug-likeness (QED) is 0.330. The molecule has 0 aliphatic heterocycles. The first kappa shape index (κ1) is 32.2. The average molecular weight is 613 g/mol. The van der Waals surface area contributed by atoms with Crippen LogP contribution in [0.1, 0.15) is 80.4 Å². The molecule has 44 heavy (non-hydrogen) atoms. The van der Waals surface area contributed by atoms with Gasteiger partial charge in [0.05, 0.1) is 6.10 Å². The lowest BCUT2D eigenvalue weighted by atomic mass is 9.44. The van der Waals surface area contributed by atoms with Gasteiger partial charge in [0.25, 0.3) is 0 Å². The summed E-state index contributed by atoms with van der Waals surface area (Å²) in [7, 11) is 0. The third-order valence-electron chi connectivity index (χ3n) is 11.3. The standard InChI is InChI=1S/C35H42F2O7/c1-8-29(41)44-35(31(42)43-17-27(39)30-19(3)11-18(2)12-20(30)4)21(5)13-23-24-15-26(36)25-14-22(38)9-10-32(25,6)34(24,37)28(40)16-33(23,35)7/h9-12,14,21,23-24,26,28,40H,8,13,15-17H2,1-7H3/t21-,23+,24+,26+,28+,32+,33+,34+,35+/m1/s1. The van der Waals surface area contributed by atoms with Gasteiger partial charge in [0.1, 0.15) is 6.17 Å². The highest BCUT2D eigenvalue weighted by Crippen LogP contribution is 2.71. The highest BCUT2D eigenvalue weighted by Gasteiger charge is 2.78. The Kier molecular flexibility index (Phi) is 7.84. The molecule has 3 saturated carbocycles. The van der Waals surface area contributed by atoms with Gasteiger partial charge in [-0.2, -0.15) is 0 Å². The van der Waals surface area contributed by atoms with E-state index in [-0.39, 0.29) is 31.3 Å². The van der Waals surface area contributed by atoms with Gasteiger partial charge in [0.2, 0.25) is 11.4 Å². The summed E-state index contributed by atoms with van der Waals surface area (Å²) in [5.74, 6) is -4.93. The molecule has 0 spiro atoms. The molecule has 1 N–H and O–H groups in total. The van der Waals surface area contributed by atoms with E-state index >= 15 is 8.78 Å². The monoisotopic (exact) mass is 612 g/mol. The molecule has 0 aromatic heterocycles. The molecule has 238 valence electrons. The zero-order valence-electron chi connectivity index (χ0n) is 26.5. The van der Waals surface area contributed by atoms with Crippen LogP contribution in [0, 0.1) is 49.4 Å². The lowest BCUT2D eigenvalue weighted by Gasteiger charge is -2.63. The van der Waals surface area contributed by atoms with E-state index < -0.39 is 82.2 Å². The van der Waals surface area contributed by atoms with Gasteiger partial charge >= 0.3 is 11.9 Å². The molecule has 0 heterocycles. The number of halogens is 2. The topological polar surface area (TPSA) is 107 Å². The van der Waals surface area contributed by atoms with Gasteiger partial charge in [-0.1, -0.05) is 44.5 Å². The molecule has 1 aromatic rings. The fourth-order valence-electron chi connectivity index (χ4n) is 9.40. The first-order valence-corrected chi connectivity index (χ1v) is 15.4. The predicted octanol–water partition coefficient (Wildman–Crippen LogP) is 5.59. The third-order valence-corrected chi connectivity index (χ3v) is 11.3. The van der Waals surface area contributed by atoms with Crippen LogP contribution < -0.4 is 0 Å². The van der Waals surface area contributed by atoms with Crippen LogP contribution in [0.3, 0.4) is 0 Å². The molecule has 4 aliphatic rings. The number of ketones is 2. The number of carbonyl (C=O) groups excluding carboxylic acids is 4. The van der Waals surface area contributed by atoms with Crippen molar-refractivity contribution in [2.45, 2.75) is 97.7 Å². The van der Waals surface area contributed by atoms with Crippen molar-refractivity contribution in [2.75, 3.05) is 6.61 Å². The summed E-state index contributed by atoms with van der Waals surface area (Å²) in [5.41, 5.74) is -4.33. The molecule has 4 aliphatic carbocycles. The normalized spacial score (nSPS) is 39.1. The fourth-order valence-corrected chi connectivity index (χ4v) is 9.40. The Morgan fingerprint density at radius 2 is 1.70 bits per heavy atom. The predicted molar refractivity (Wildman–Crippen MR) is 158 cm³/mol. The van der Waals surface area contributed by atoms with E-state index in [1.54, 1.807) is 34.6 Å². The zero-order valence-corrected chi connectivity index (χ0v) is 26.5. The molecule has 9 heteroatoms. The number of aryl methyl sites for hydroxylation is 3. The second kappa shape index (κ2) is 10.7. The van der Waals surface area contributed by atoms with E-state index in [4.69, 9.17) is 9.47 Å². The summed E-state index contributed by atoms with van der Waals surface area (Å²) in [5, 5.41) is 11.7. The van der Waals surface area contributed by atoms with Crippen LogP contribution >= 0.6 is 0 Å². The van der Waals surface area contributed by atoms with Crippen molar-refractivity contribution in [1.29, 1.82) is 0 Å². The fraction of sp³-hybridized carbons (Fsp3) is 0.600. The van der Waals surface area contributed by atoms with E-state index in [2.05, 4.69) is 0 Å².